The number of nitrogens with zero attached hydrogens (tertiary/aromatic N) is 1. The predicted molar refractivity (Wildman–Crippen MR) is 62.6 cm³/mol. The van der Waals surface area contributed by atoms with E-state index in [2.05, 4.69) is 4.90 Å². The van der Waals surface area contributed by atoms with E-state index >= 15 is 0 Å². The van der Waals surface area contributed by atoms with Crippen LogP contribution in [-0.2, 0) is 10.0 Å². The van der Waals surface area contributed by atoms with Crippen LogP contribution in [0.4, 0.5) is 5.69 Å². The van der Waals surface area contributed by atoms with Gasteiger partial charge in [-0.3, -0.25) is 0 Å². The van der Waals surface area contributed by atoms with Gasteiger partial charge in [-0.15, -0.1) is 0 Å². The Kier molecular flexibility index (Phi) is 2.88. The molecule has 0 saturated carbocycles. The normalized spacial score (nSPS) is 17.2. The maximum Gasteiger partial charge on any atom is 0.238 e. The molecule has 0 aliphatic carbocycles. The van der Waals surface area contributed by atoms with Gasteiger partial charge in [0.05, 0.1) is 4.90 Å². The van der Waals surface area contributed by atoms with Crippen molar-refractivity contribution >= 4 is 15.7 Å². The zero-order valence-corrected chi connectivity index (χ0v) is 9.65. The van der Waals surface area contributed by atoms with Gasteiger partial charge in [0.1, 0.15) is 0 Å². The van der Waals surface area contributed by atoms with Gasteiger partial charge >= 0.3 is 0 Å². The highest BCUT2D eigenvalue weighted by molar-refractivity contribution is 7.89. The number of hydrogen-bond acceptors (Lipinski definition) is 4. The Balaban J connectivity index is 2.10. The number of sulfonamides is 1. The molecular formula is C10H15N3O2S. The van der Waals surface area contributed by atoms with E-state index < -0.39 is 10.0 Å². The fourth-order valence-electron chi connectivity index (χ4n) is 1.78. The van der Waals surface area contributed by atoms with Crippen LogP contribution in [0.5, 0.6) is 0 Å². The van der Waals surface area contributed by atoms with Gasteiger partial charge in [0, 0.05) is 24.7 Å². The Labute approximate surface area is 95.1 Å². The first-order valence-electron chi connectivity index (χ1n) is 5.08. The Morgan fingerprint density at radius 1 is 1.25 bits per heavy atom. The Hall–Kier alpha value is -1.11. The van der Waals surface area contributed by atoms with Gasteiger partial charge in [0.15, 0.2) is 0 Å². The molecule has 6 heteroatoms. The van der Waals surface area contributed by atoms with Crippen molar-refractivity contribution in [1.29, 1.82) is 0 Å². The zero-order valence-electron chi connectivity index (χ0n) is 8.83. The number of primary sulfonamides is 1. The first-order valence-corrected chi connectivity index (χ1v) is 6.63. The summed E-state index contributed by atoms with van der Waals surface area (Å²) in [6.45, 7) is 2.57. The molecule has 0 spiro atoms. The lowest BCUT2D eigenvalue weighted by molar-refractivity contribution is 0.420. The van der Waals surface area contributed by atoms with Gasteiger partial charge < -0.3 is 10.6 Å². The quantitative estimate of drug-likeness (QED) is 0.762. The summed E-state index contributed by atoms with van der Waals surface area (Å²) in [5, 5.41) is 5.02. The lowest BCUT2D eigenvalue weighted by Gasteiger charge is -2.40. The maximum atomic E-state index is 11.0. The van der Waals surface area contributed by atoms with E-state index in [1.807, 2.05) is 0 Å². The Morgan fingerprint density at radius 2 is 1.81 bits per heavy atom. The van der Waals surface area contributed by atoms with Gasteiger partial charge in [-0.2, -0.15) is 0 Å². The van der Waals surface area contributed by atoms with Crippen molar-refractivity contribution < 1.29 is 8.42 Å². The number of rotatable bonds is 3. The van der Waals surface area contributed by atoms with Crippen molar-refractivity contribution in [3.05, 3.63) is 24.3 Å². The van der Waals surface area contributed by atoms with Gasteiger partial charge in [-0.05, 0) is 30.8 Å². The molecule has 0 atom stereocenters. The molecule has 0 radical (unpaired) electrons. The van der Waals surface area contributed by atoms with Crippen LogP contribution in [0.1, 0.15) is 0 Å². The molecule has 0 unspecified atom stereocenters. The van der Waals surface area contributed by atoms with Crippen LogP contribution in [0.25, 0.3) is 0 Å². The molecule has 1 saturated heterocycles. The second-order valence-corrected chi connectivity index (χ2v) is 5.61. The summed E-state index contributed by atoms with van der Waals surface area (Å²) in [7, 11) is -3.59. The van der Waals surface area contributed by atoms with Crippen molar-refractivity contribution in [3.8, 4) is 0 Å². The fourth-order valence-corrected chi connectivity index (χ4v) is 2.29. The van der Waals surface area contributed by atoms with Gasteiger partial charge in [-0.25, -0.2) is 13.6 Å². The van der Waals surface area contributed by atoms with Crippen molar-refractivity contribution in [2.24, 2.45) is 16.8 Å². The van der Waals surface area contributed by atoms with E-state index in [-0.39, 0.29) is 4.90 Å². The average molecular weight is 241 g/mol. The topological polar surface area (TPSA) is 89.4 Å². The van der Waals surface area contributed by atoms with Crippen LogP contribution in [0.15, 0.2) is 29.2 Å². The van der Waals surface area contributed by atoms with Gasteiger partial charge in [-0.1, -0.05) is 0 Å². The number of benzene rings is 1. The molecule has 0 amide bonds. The lowest BCUT2D eigenvalue weighted by atomic mass is 10.00. The smallest absolute Gasteiger partial charge is 0.238 e. The maximum absolute atomic E-state index is 11.0. The molecule has 88 valence electrons. The van der Waals surface area contributed by atoms with Crippen LogP contribution in [0.2, 0.25) is 0 Å². The van der Waals surface area contributed by atoms with E-state index in [0.717, 1.165) is 18.8 Å². The molecule has 1 fully saturated rings. The summed E-state index contributed by atoms with van der Waals surface area (Å²) in [5.74, 6) is 0.554. The highest BCUT2D eigenvalue weighted by Gasteiger charge is 2.25. The predicted octanol–water partition coefficient (Wildman–Crippen LogP) is -0.271. The van der Waals surface area contributed by atoms with E-state index in [4.69, 9.17) is 10.9 Å². The minimum Gasteiger partial charge on any atom is -0.371 e. The highest BCUT2D eigenvalue weighted by Crippen LogP contribution is 2.24. The molecule has 1 aliphatic rings. The Morgan fingerprint density at radius 3 is 2.25 bits per heavy atom. The molecule has 1 aromatic rings. The molecule has 0 bridgehead atoms. The first-order chi connectivity index (χ1) is 7.50. The molecule has 0 aromatic heterocycles. The van der Waals surface area contributed by atoms with E-state index in [1.165, 1.54) is 12.1 Å². The number of nitrogens with two attached hydrogens (primary N) is 2. The fraction of sp³-hybridized carbons (Fsp3) is 0.400. The average Bonchev–Trinajstić information content (AvgIpc) is 2.15. The SMILES string of the molecule is NCC1CN(c2ccc(S(N)(=O)=O)cc2)C1. The van der Waals surface area contributed by atoms with Crippen molar-refractivity contribution in [3.63, 3.8) is 0 Å². The third kappa shape index (κ3) is 2.18. The van der Waals surface area contributed by atoms with Crippen molar-refractivity contribution in [2.45, 2.75) is 4.90 Å². The monoisotopic (exact) mass is 241 g/mol. The largest absolute Gasteiger partial charge is 0.371 e. The number of anilines is 1. The van der Waals surface area contributed by atoms with Crippen LogP contribution in [-0.4, -0.2) is 28.1 Å². The summed E-state index contributed by atoms with van der Waals surface area (Å²) in [4.78, 5) is 2.30. The molecule has 16 heavy (non-hydrogen) atoms. The second kappa shape index (κ2) is 4.04. The molecular weight excluding hydrogens is 226 g/mol. The standard InChI is InChI=1S/C10H15N3O2S/c11-5-8-6-13(7-8)9-1-3-10(4-2-9)16(12,14)15/h1-4,8H,5-7,11H2,(H2,12,14,15). The zero-order chi connectivity index (χ0) is 11.8. The van der Waals surface area contributed by atoms with Crippen molar-refractivity contribution in [2.75, 3.05) is 24.5 Å². The van der Waals surface area contributed by atoms with Crippen LogP contribution in [0, 0.1) is 5.92 Å². The minimum atomic E-state index is -3.59. The molecule has 1 aliphatic heterocycles. The summed E-state index contributed by atoms with van der Waals surface area (Å²) in [5.41, 5.74) is 6.54. The summed E-state index contributed by atoms with van der Waals surface area (Å²) < 4.78 is 22.1. The van der Waals surface area contributed by atoms with Gasteiger partial charge in [0.25, 0.3) is 0 Å². The second-order valence-electron chi connectivity index (χ2n) is 4.05. The highest BCUT2D eigenvalue weighted by atomic mass is 32.2. The molecule has 1 aromatic carbocycles. The van der Waals surface area contributed by atoms with Gasteiger partial charge in [0.2, 0.25) is 10.0 Å². The third-order valence-corrected chi connectivity index (χ3v) is 3.75. The summed E-state index contributed by atoms with van der Waals surface area (Å²) in [6, 6.07) is 6.60. The summed E-state index contributed by atoms with van der Waals surface area (Å²) in [6.07, 6.45) is 0. The minimum absolute atomic E-state index is 0.146. The molecule has 5 nitrogen and oxygen atoms in total. The molecule has 4 N–H and O–H groups in total. The molecule has 1 heterocycles. The molecule has 2 rings (SSSR count). The van der Waals surface area contributed by atoms with E-state index in [9.17, 15) is 8.42 Å². The van der Waals surface area contributed by atoms with E-state index in [0.29, 0.717) is 12.5 Å². The van der Waals surface area contributed by atoms with E-state index in [1.54, 1.807) is 12.1 Å². The van der Waals surface area contributed by atoms with Crippen LogP contribution < -0.4 is 15.8 Å². The van der Waals surface area contributed by atoms with Crippen LogP contribution in [0.3, 0.4) is 0 Å². The third-order valence-electron chi connectivity index (χ3n) is 2.82. The summed E-state index contributed by atoms with van der Waals surface area (Å²) >= 11 is 0. The first kappa shape index (κ1) is 11.4. The number of hydrogen-bond donors (Lipinski definition) is 2. The lowest BCUT2D eigenvalue weighted by Crippen LogP contribution is -2.49. The van der Waals surface area contributed by atoms with Crippen LogP contribution >= 0.6 is 0 Å². The Bertz CT molecular complexity index is 463. The van der Waals surface area contributed by atoms with Crippen molar-refractivity contribution in [1.82, 2.24) is 0 Å².